The number of hydrogen-bond donors (Lipinski definition) is 4. The predicted molar refractivity (Wildman–Crippen MR) is 181 cm³/mol. The van der Waals surface area contributed by atoms with Crippen LogP contribution < -0.4 is 10.6 Å². The zero-order chi connectivity index (χ0) is 33.2. The Bertz CT molecular complexity index is 1460. The maximum atomic E-state index is 12.4. The third-order valence-electron chi connectivity index (χ3n) is 9.17. The van der Waals surface area contributed by atoms with Crippen molar-refractivity contribution in [2.45, 2.75) is 83.7 Å². The predicted octanol–water partition coefficient (Wildman–Crippen LogP) is 5.02. The molecule has 4 N–H and O–H groups in total. The Labute approximate surface area is 278 Å². The van der Waals surface area contributed by atoms with Crippen LogP contribution in [0.4, 0.5) is 0 Å². The van der Waals surface area contributed by atoms with Crippen LogP contribution >= 0.6 is 0 Å². The summed E-state index contributed by atoms with van der Waals surface area (Å²) in [4.78, 5) is 25.7. The molecule has 2 aliphatic rings. The number of nitrogens with one attached hydrogen (secondary N) is 2. The molecule has 5 rings (SSSR count). The Morgan fingerprint density at radius 2 is 1.66 bits per heavy atom. The van der Waals surface area contributed by atoms with Crippen LogP contribution in [-0.4, -0.2) is 65.3 Å². The Morgan fingerprint density at radius 3 is 2.38 bits per heavy atom. The summed E-state index contributed by atoms with van der Waals surface area (Å²) >= 11 is 0. The minimum absolute atomic E-state index is 0.00447. The van der Waals surface area contributed by atoms with Crippen molar-refractivity contribution in [1.82, 2.24) is 15.5 Å². The number of nitrogens with zero attached hydrogens (tertiary/aromatic N) is 1. The first-order chi connectivity index (χ1) is 22.8. The molecule has 2 heterocycles. The first kappa shape index (κ1) is 34.7. The normalized spacial score (nSPS) is 23.0. The zero-order valence-corrected chi connectivity index (χ0v) is 27.6. The number of rotatable bonds is 14. The topological polar surface area (TPSA) is 120 Å². The molecule has 3 aromatic carbocycles. The van der Waals surface area contributed by atoms with Gasteiger partial charge in [0.25, 0.3) is 0 Å². The third-order valence-corrected chi connectivity index (χ3v) is 9.17. The Kier molecular flexibility index (Phi) is 12.6. The molecule has 0 unspecified atom stereocenters. The highest BCUT2D eigenvalue weighted by atomic mass is 16.7. The van der Waals surface area contributed by atoms with E-state index in [4.69, 9.17) is 9.47 Å². The average molecular weight is 644 g/mol. The van der Waals surface area contributed by atoms with Crippen LogP contribution in [0.2, 0.25) is 0 Å². The largest absolute Gasteiger partial charge is 0.392 e. The molecule has 5 atom stereocenters. The van der Waals surface area contributed by atoms with Crippen molar-refractivity contribution in [3.63, 3.8) is 0 Å². The van der Waals surface area contributed by atoms with Crippen LogP contribution in [0, 0.1) is 5.92 Å². The van der Waals surface area contributed by atoms with Crippen molar-refractivity contribution in [3.05, 3.63) is 95.1 Å². The summed E-state index contributed by atoms with van der Waals surface area (Å²) in [6.45, 7) is 6.98. The number of benzene rings is 3. The van der Waals surface area contributed by atoms with Gasteiger partial charge in [-0.15, -0.1) is 0 Å². The highest BCUT2D eigenvalue weighted by Gasteiger charge is 2.40. The van der Waals surface area contributed by atoms with E-state index in [2.05, 4.69) is 46.7 Å². The molecule has 0 bridgehead atoms. The second kappa shape index (κ2) is 17.0. The van der Waals surface area contributed by atoms with Gasteiger partial charge in [0.15, 0.2) is 6.29 Å². The van der Waals surface area contributed by atoms with Gasteiger partial charge in [-0.1, -0.05) is 74.0 Å². The lowest BCUT2D eigenvalue weighted by molar-refractivity contribution is -0.276. The fraction of sp³-hybridized carbons (Fsp3) is 0.474. The van der Waals surface area contributed by atoms with Crippen molar-refractivity contribution < 1.29 is 29.3 Å². The van der Waals surface area contributed by atoms with Crippen molar-refractivity contribution >= 4 is 11.8 Å². The molecule has 252 valence electrons. The molecular formula is C38H49N3O6. The lowest BCUT2D eigenvalue weighted by Crippen LogP contribution is -2.44. The number of ether oxygens (including phenoxy) is 2. The molecule has 0 radical (unpaired) electrons. The lowest BCUT2D eigenvalue weighted by Gasteiger charge is -2.42. The van der Waals surface area contributed by atoms with Gasteiger partial charge < -0.3 is 30.3 Å². The molecule has 3 aromatic rings. The second-order valence-corrected chi connectivity index (χ2v) is 12.9. The number of aliphatic hydroxyl groups is 2. The standard InChI is InChI=1S/C38H49N3O6/c1-26-35(24-41-19-17-34(44)23-41)46-38(47-37(26)30-15-13-28(25-42)14-16-30)33-11-7-10-32(21-33)31-9-6-8-29(20-31)22-40-36(45)12-4-3-5-18-39-27(2)43/h6-11,13-16,20-21,26,34-35,37-38,42,44H,3-5,12,17-19,22-25H2,1-2H3,(H,39,43)(H,40,45)/t26-,34+,35+,37+,38+/m1/s1. The van der Waals surface area contributed by atoms with E-state index in [1.807, 2.05) is 48.5 Å². The minimum Gasteiger partial charge on any atom is -0.392 e. The zero-order valence-electron chi connectivity index (χ0n) is 27.6. The molecule has 2 aliphatic heterocycles. The Balaban J connectivity index is 1.25. The van der Waals surface area contributed by atoms with Crippen molar-refractivity contribution in [3.8, 4) is 11.1 Å². The van der Waals surface area contributed by atoms with Crippen molar-refractivity contribution in [2.24, 2.45) is 5.92 Å². The van der Waals surface area contributed by atoms with Gasteiger partial charge in [0.2, 0.25) is 11.8 Å². The van der Waals surface area contributed by atoms with E-state index in [-0.39, 0.29) is 42.7 Å². The van der Waals surface area contributed by atoms with Crippen LogP contribution in [0.1, 0.15) is 80.6 Å². The highest BCUT2D eigenvalue weighted by Crippen LogP contribution is 2.42. The van der Waals surface area contributed by atoms with E-state index >= 15 is 0 Å². The van der Waals surface area contributed by atoms with Gasteiger partial charge in [0.1, 0.15) is 0 Å². The van der Waals surface area contributed by atoms with Crippen LogP contribution in [0.3, 0.4) is 0 Å². The summed E-state index contributed by atoms with van der Waals surface area (Å²) in [5.41, 5.74) is 5.92. The molecule has 0 spiro atoms. The molecule has 9 heteroatoms. The maximum Gasteiger partial charge on any atom is 0.220 e. The molecule has 2 amide bonds. The van der Waals surface area contributed by atoms with E-state index in [0.717, 1.165) is 65.6 Å². The fourth-order valence-corrected chi connectivity index (χ4v) is 6.43. The fourth-order valence-electron chi connectivity index (χ4n) is 6.43. The van der Waals surface area contributed by atoms with Crippen LogP contribution in [-0.2, 0) is 32.2 Å². The molecule has 0 aromatic heterocycles. The second-order valence-electron chi connectivity index (χ2n) is 12.9. The molecule has 2 saturated heterocycles. The maximum absolute atomic E-state index is 12.4. The first-order valence-corrected chi connectivity index (χ1v) is 16.9. The Hall–Kier alpha value is -3.60. The van der Waals surface area contributed by atoms with Gasteiger partial charge in [-0.3, -0.25) is 14.5 Å². The number of aliphatic hydroxyl groups excluding tert-OH is 2. The number of β-amino-alcohol motifs (C(OH)–C–C–N with tert-alkyl or cyclic N) is 1. The lowest BCUT2D eigenvalue weighted by atomic mass is 9.90. The summed E-state index contributed by atoms with van der Waals surface area (Å²) in [5.74, 6) is 0.0695. The number of likely N-dealkylation sites (tertiary alicyclic amines) is 1. The van der Waals surface area contributed by atoms with E-state index in [1.54, 1.807) is 0 Å². The number of hydrogen-bond acceptors (Lipinski definition) is 7. The molecule has 47 heavy (non-hydrogen) atoms. The first-order valence-electron chi connectivity index (χ1n) is 16.9. The third kappa shape index (κ3) is 9.95. The summed E-state index contributed by atoms with van der Waals surface area (Å²) in [6.07, 6.45) is 2.62. The van der Waals surface area contributed by atoms with Crippen LogP contribution in [0.5, 0.6) is 0 Å². The van der Waals surface area contributed by atoms with Gasteiger partial charge in [-0.2, -0.15) is 0 Å². The van der Waals surface area contributed by atoms with Gasteiger partial charge in [-0.25, -0.2) is 0 Å². The number of unbranched alkanes of at least 4 members (excludes halogenated alkanes) is 2. The molecule has 0 saturated carbocycles. The van der Waals surface area contributed by atoms with E-state index in [1.165, 1.54) is 6.92 Å². The van der Waals surface area contributed by atoms with E-state index in [9.17, 15) is 19.8 Å². The number of carbonyl (C=O) groups excluding carboxylic acids is 2. The number of amides is 2. The summed E-state index contributed by atoms with van der Waals surface area (Å²) in [6, 6.07) is 24.4. The Morgan fingerprint density at radius 1 is 0.894 bits per heavy atom. The number of carbonyl (C=O) groups is 2. The van der Waals surface area contributed by atoms with Gasteiger partial charge >= 0.3 is 0 Å². The van der Waals surface area contributed by atoms with Gasteiger partial charge in [-0.05, 0) is 59.2 Å². The van der Waals surface area contributed by atoms with E-state index in [0.29, 0.717) is 32.6 Å². The molecular weight excluding hydrogens is 594 g/mol. The average Bonchev–Trinajstić information content (AvgIpc) is 3.50. The van der Waals surface area contributed by atoms with Crippen molar-refractivity contribution in [2.75, 3.05) is 26.2 Å². The molecule has 9 nitrogen and oxygen atoms in total. The van der Waals surface area contributed by atoms with Gasteiger partial charge in [0.05, 0.1) is 24.9 Å². The van der Waals surface area contributed by atoms with Crippen LogP contribution in [0.25, 0.3) is 11.1 Å². The minimum atomic E-state index is -0.577. The smallest absolute Gasteiger partial charge is 0.220 e. The van der Waals surface area contributed by atoms with Crippen molar-refractivity contribution in [1.29, 1.82) is 0 Å². The highest BCUT2D eigenvalue weighted by molar-refractivity contribution is 5.76. The SMILES string of the molecule is CC(=O)NCCCCCC(=O)NCc1cccc(-c2cccc([C@H]3O[C@@H](CN4CC[C@H](O)C4)[C@@H](C)[C@@H](c4ccc(CO)cc4)O3)c2)c1. The summed E-state index contributed by atoms with van der Waals surface area (Å²) < 4.78 is 13.4. The molecule has 2 fully saturated rings. The van der Waals surface area contributed by atoms with Crippen LogP contribution in [0.15, 0.2) is 72.8 Å². The monoisotopic (exact) mass is 643 g/mol. The quantitative estimate of drug-likeness (QED) is 0.182. The van der Waals surface area contributed by atoms with E-state index < -0.39 is 6.29 Å². The summed E-state index contributed by atoms with van der Waals surface area (Å²) in [7, 11) is 0. The molecule has 0 aliphatic carbocycles. The van der Waals surface area contributed by atoms with Gasteiger partial charge in [0, 0.05) is 57.5 Å². The summed E-state index contributed by atoms with van der Waals surface area (Å²) in [5, 5.41) is 25.5.